The molecule has 0 aromatic rings. The van der Waals surface area contributed by atoms with E-state index in [-0.39, 0.29) is 0 Å². The van der Waals surface area contributed by atoms with E-state index in [0.717, 1.165) is 19.6 Å². The molecule has 0 N–H and O–H groups in total. The Morgan fingerprint density at radius 1 is 1.77 bits per heavy atom. The van der Waals surface area contributed by atoms with Crippen molar-refractivity contribution >= 4 is 16.9 Å². The number of hydrogen-bond donors (Lipinski definition) is 0. The molecule has 3 nitrogen and oxygen atoms in total. The molecule has 2 rings (SSSR count). The number of methoxy groups -OCH3 is 1. The minimum Gasteiger partial charge on any atom is -0.384 e. The number of hydrogen-bond acceptors (Lipinski definition) is 4. The van der Waals surface area contributed by atoms with Crippen molar-refractivity contribution < 1.29 is 4.74 Å². The summed E-state index contributed by atoms with van der Waals surface area (Å²) < 4.78 is 5.07. The van der Waals surface area contributed by atoms with E-state index < -0.39 is 0 Å². The summed E-state index contributed by atoms with van der Waals surface area (Å²) in [6.45, 7) is 3.94. The van der Waals surface area contributed by atoms with Crippen molar-refractivity contribution in [3.63, 3.8) is 0 Å². The quantitative estimate of drug-likeness (QED) is 0.689. The molecule has 4 heteroatoms. The third-order valence-corrected chi connectivity index (χ3v) is 3.24. The summed E-state index contributed by atoms with van der Waals surface area (Å²) >= 11 is 1.73. The smallest absolute Gasteiger partial charge is 0.168 e. The van der Waals surface area contributed by atoms with Gasteiger partial charge >= 0.3 is 0 Å². The van der Waals surface area contributed by atoms with Gasteiger partial charge in [-0.2, -0.15) is 0 Å². The Balaban J connectivity index is 2.01. The van der Waals surface area contributed by atoms with Crippen LogP contribution in [0.4, 0.5) is 0 Å². The normalized spacial score (nSPS) is 26.0. The Morgan fingerprint density at radius 2 is 2.62 bits per heavy atom. The molecular weight excluding hydrogens is 184 g/mol. The van der Waals surface area contributed by atoms with E-state index in [4.69, 9.17) is 4.74 Å². The highest BCUT2D eigenvalue weighted by molar-refractivity contribution is 8.16. The minimum absolute atomic E-state index is 0.535. The SMILES string of the molecule is COCCC1=CSC2=NCC(C)N12. The molecule has 0 aromatic carbocycles. The van der Waals surface area contributed by atoms with Gasteiger partial charge in [0.2, 0.25) is 0 Å². The third-order valence-electron chi connectivity index (χ3n) is 2.31. The molecule has 0 aromatic heterocycles. The first kappa shape index (κ1) is 9.09. The Labute approximate surface area is 82.8 Å². The lowest BCUT2D eigenvalue weighted by molar-refractivity contribution is 0.196. The second-order valence-electron chi connectivity index (χ2n) is 3.31. The van der Waals surface area contributed by atoms with Crippen molar-refractivity contribution in [1.82, 2.24) is 4.90 Å². The highest BCUT2D eigenvalue weighted by Gasteiger charge is 2.30. The molecule has 0 bridgehead atoms. The molecule has 0 fully saturated rings. The molecule has 13 heavy (non-hydrogen) atoms. The van der Waals surface area contributed by atoms with Crippen LogP contribution in [0.5, 0.6) is 0 Å². The Kier molecular flexibility index (Phi) is 2.60. The van der Waals surface area contributed by atoms with Gasteiger partial charge in [-0.3, -0.25) is 4.99 Å². The Morgan fingerprint density at radius 3 is 3.38 bits per heavy atom. The van der Waals surface area contributed by atoms with Gasteiger partial charge < -0.3 is 9.64 Å². The summed E-state index contributed by atoms with van der Waals surface area (Å²) in [5.74, 6) is 0. The zero-order valence-electron chi connectivity index (χ0n) is 7.99. The van der Waals surface area contributed by atoms with E-state index in [1.807, 2.05) is 0 Å². The number of fused-ring (bicyclic) bond motifs is 1. The van der Waals surface area contributed by atoms with E-state index in [0.29, 0.717) is 6.04 Å². The maximum Gasteiger partial charge on any atom is 0.168 e. The van der Waals surface area contributed by atoms with Crippen molar-refractivity contribution in [2.24, 2.45) is 4.99 Å². The highest BCUT2D eigenvalue weighted by atomic mass is 32.2. The zero-order valence-corrected chi connectivity index (χ0v) is 8.80. The fourth-order valence-corrected chi connectivity index (χ4v) is 2.65. The standard InChI is InChI=1S/C9H14N2OS/c1-7-5-10-9-11(7)8(6-13-9)3-4-12-2/h6-7H,3-5H2,1-2H3. The first-order valence-corrected chi connectivity index (χ1v) is 5.39. The molecular formula is C9H14N2OS. The van der Waals surface area contributed by atoms with Gasteiger partial charge in [0.05, 0.1) is 19.2 Å². The lowest BCUT2D eigenvalue weighted by Crippen LogP contribution is -2.29. The van der Waals surface area contributed by atoms with Crippen molar-refractivity contribution in [2.75, 3.05) is 20.3 Å². The summed E-state index contributed by atoms with van der Waals surface area (Å²) in [5, 5.41) is 3.35. The predicted octanol–water partition coefficient (Wildman–Crippen LogP) is 1.67. The average Bonchev–Trinajstić information content (AvgIpc) is 2.67. The van der Waals surface area contributed by atoms with Gasteiger partial charge in [0.1, 0.15) is 0 Å². The van der Waals surface area contributed by atoms with Crippen LogP contribution in [0.3, 0.4) is 0 Å². The maximum atomic E-state index is 5.07. The molecule has 2 aliphatic rings. The summed E-state index contributed by atoms with van der Waals surface area (Å²) in [5.41, 5.74) is 1.36. The molecule has 0 aliphatic carbocycles. The van der Waals surface area contributed by atoms with Crippen LogP contribution >= 0.6 is 11.8 Å². The van der Waals surface area contributed by atoms with Crippen LogP contribution in [0.25, 0.3) is 0 Å². The Hall–Kier alpha value is -0.480. The monoisotopic (exact) mass is 198 g/mol. The Bertz CT molecular complexity index is 262. The van der Waals surface area contributed by atoms with Crippen molar-refractivity contribution in [3.05, 3.63) is 11.1 Å². The van der Waals surface area contributed by atoms with Gasteiger partial charge in [0.25, 0.3) is 0 Å². The largest absolute Gasteiger partial charge is 0.384 e. The number of aliphatic imine (C=N–C) groups is 1. The molecule has 2 aliphatic heterocycles. The zero-order chi connectivity index (χ0) is 9.26. The molecule has 0 saturated carbocycles. The number of thioether (sulfide) groups is 1. The van der Waals surface area contributed by atoms with Gasteiger partial charge in [-0.25, -0.2) is 0 Å². The van der Waals surface area contributed by atoms with Crippen LogP contribution in [0, 0.1) is 0 Å². The second-order valence-corrected chi connectivity index (χ2v) is 4.15. The molecule has 1 unspecified atom stereocenters. The first-order valence-electron chi connectivity index (χ1n) is 4.51. The van der Waals surface area contributed by atoms with Crippen molar-refractivity contribution in [1.29, 1.82) is 0 Å². The van der Waals surface area contributed by atoms with Gasteiger partial charge in [-0.1, -0.05) is 11.8 Å². The molecule has 0 amide bonds. The number of rotatable bonds is 3. The van der Waals surface area contributed by atoms with E-state index in [1.165, 1.54) is 10.9 Å². The lowest BCUT2D eigenvalue weighted by atomic mass is 10.2. The summed E-state index contributed by atoms with van der Waals surface area (Å²) in [4.78, 5) is 6.77. The van der Waals surface area contributed by atoms with Gasteiger partial charge in [0, 0.05) is 19.2 Å². The second kappa shape index (κ2) is 3.72. The van der Waals surface area contributed by atoms with Crippen LogP contribution < -0.4 is 0 Å². The van der Waals surface area contributed by atoms with Crippen LogP contribution in [0.15, 0.2) is 16.1 Å². The predicted molar refractivity (Wildman–Crippen MR) is 55.8 cm³/mol. The summed E-state index contributed by atoms with van der Waals surface area (Å²) in [7, 11) is 1.74. The van der Waals surface area contributed by atoms with Gasteiger partial charge in [0.15, 0.2) is 5.17 Å². The molecule has 0 spiro atoms. The van der Waals surface area contributed by atoms with Crippen LogP contribution in [0.1, 0.15) is 13.3 Å². The molecule has 72 valence electrons. The number of nitrogens with zero attached hydrogens (tertiary/aromatic N) is 2. The van der Waals surface area contributed by atoms with E-state index in [2.05, 4.69) is 22.2 Å². The van der Waals surface area contributed by atoms with Crippen LogP contribution in [-0.2, 0) is 4.74 Å². The van der Waals surface area contributed by atoms with Crippen molar-refractivity contribution in [2.45, 2.75) is 19.4 Å². The molecule has 0 saturated heterocycles. The average molecular weight is 198 g/mol. The lowest BCUT2D eigenvalue weighted by Gasteiger charge is -2.22. The van der Waals surface area contributed by atoms with Crippen LogP contribution in [0.2, 0.25) is 0 Å². The topological polar surface area (TPSA) is 24.8 Å². The minimum atomic E-state index is 0.535. The molecule has 0 radical (unpaired) electrons. The number of ether oxygens (including phenoxy) is 1. The van der Waals surface area contributed by atoms with E-state index >= 15 is 0 Å². The van der Waals surface area contributed by atoms with Gasteiger partial charge in [-0.15, -0.1) is 0 Å². The maximum absolute atomic E-state index is 5.07. The molecule has 2 heterocycles. The van der Waals surface area contributed by atoms with E-state index in [1.54, 1.807) is 18.9 Å². The fourth-order valence-electron chi connectivity index (χ4n) is 1.62. The van der Waals surface area contributed by atoms with E-state index in [9.17, 15) is 0 Å². The molecule has 1 atom stereocenters. The summed E-state index contributed by atoms with van der Waals surface area (Å²) in [6.07, 6.45) is 0.993. The van der Waals surface area contributed by atoms with Crippen molar-refractivity contribution in [3.8, 4) is 0 Å². The first-order chi connectivity index (χ1) is 6.33. The number of amidine groups is 1. The third kappa shape index (κ3) is 1.60. The van der Waals surface area contributed by atoms with Gasteiger partial charge in [-0.05, 0) is 12.3 Å². The summed E-state index contributed by atoms with van der Waals surface area (Å²) in [6, 6.07) is 0.535. The highest BCUT2D eigenvalue weighted by Crippen LogP contribution is 2.33. The van der Waals surface area contributed by atoms with Crippen LogP contribution in [-0.4, -0.2) is 36.4 Å². The fraction of sp³-hybridized carbons (Fsp3) is 0.667.